The number of aliphatic hydroxyl groups is 1. The SMILES string of the molecule is O=C(N[C@@H](CO)C(F)(F)F)c1cc(-c2ccc(OC(F)(F)F)cc2)nn(-c2cccc(F)c2)c1=O. The van der Waals surface area contributed by atoms with E-state index in [4.69, 9.17) is 5.11 Å². The van der Waals surface area contributed by atoms with Gasteiger partial charge in [0.05, 0.1) is 18.0 Å². The molecule has 0 radical (unpaired) electrons. The lowest BCUT2D eigenvalue weighted by molar-refractivity contribution is -0.274. The second kappa shape index (κ2) is 9.74. The van der Waals surface area contributed by atoms with Crippen molar-refractivity contribution in [3.63, 3.8) is 0 Å². The van der Waals surface area contributed by atoms with E-state index in [0.29, 0.717) is 4.68 Å². The summed E-state index contributed by atoms with van der Waals surface area (Å²) >= 11 is 0. The lowest BCUT2D eigenvalue weighted by Crippen LogP contribution is -2.49. The van der Waals surface area contributed by atoms with Crippen LogP contribution >= 0.6 is 0 Å². The van der Waals surface area contributed by atoms with Gasteiger partial charge in [0.25, 0.3) is 11.5 Å². The van der Waals surface area contributed by atoms with Gasteiger partial charge in [0.15, 0.2) is 0 Å². The van der Waals surface area contributed by atoms with Gasteiger partial charge in [-0.2, -0.15) is 23.0 Å². The highest BCUT2D eigenvalue weighted by Crippen LogP contribution is 2.26. The van der Waals surface area contributed by atoms with Gasteiger partial charge < -0.3 is 15.2 Å². The van der Waals surface area contributed by atoms with E-state index in [9.17, 15) is 40.3 Å². The van der Waals surface area contributed by atoms with E-state index >= 15 is 0 Å². The van der Waals surface area contributed by atoms with Gasteiger partial charge in [-0.1, -0.05) is 6.07 Å². The summed E-state index contributed by atoms with van der Waals surface area (Å²) in [6.45, 7) is -1.51. The van der Waals surface area contributed by atoms with Crippen molar-refractivity contribution in [2.24, 2.45) is 0 Å². The molecule has 7 nitrogen and oxygen atoms in total. The Bertz CT molecular complexity index is 1270. The van der Waals surface area contributed by atoms with E-state index in [2.05, 4.69) is 9.84 Å². The minimum atomic E-state index is -5.03. The number of hydrogen-bond donors (Lipinski definition) is 2. The van der Waals surface area contributed by atoms with Crippen molar-refractivity contribution < 1.29 is 45.4 Å². The van der Waals surface area contributed by atoms with E-state index in [1.165, 1.54) is 17.4 Å². The Kier molecular flexibility index (Phi) is 7.14. The summed E-state index contributed by atoms with van der Waals surface area (Å²) in [4.78, 5) is 25.4. The molecule has 2 N–H and O–H groups in total. The first kappa shape index (κ1) is 25.7. The highest BCUT2D eigenvalue weighted by molar-refractivity contribution is 5.95. The van der Waals surface area contributed by atoms with Crippen molar-refractivity contribution in [1.29, 1.82) is 0 Å². The molecule has 1 heterocycles. The van der Waals surface area contributed by atoms with Crippen LogP contribution in [0, 0.1) is 5.82 Å². The highest BCUT2D eigenvalue weighted by atomic mass is 19.4. The van der Waals surface area contributed by atoms with Gasteiger partial charge in [0.1, 0.15) is 23.2 Å². The molecule has 1 aromatic heterocycles. The number of carbonyl (C=O) groups excluding carboxylic acids is 1. The normalized spacial score (nSPS) is 12.8. The molecule has 0 saturated heterocycles. The Balaban J connectivity index is 2.12. The molecule has 1 atom stereocenters. The molecule has 186 valence electrons. The lowest BCUT2D eigenvalue weighted by atomic mass is 10.1. The summed E-state index contributed by atoms with van der Waals surface area (Å²) in [6.07, 6.45) is -9.99. The smallest absolute Gasteiger partial charge is 0.406 e. The van der Waals surface area contributed by atoms with Crippen molar-refractivity contribution in [2.75, 3.05) is 6.61 Å². The fraction of sp³-hybridized carbons (Fsp3) is 0.190. The number of amides is 1. The van der Waals surface area contributed by atoms with Crippen LogP contribution in [0.2, 0.25) is 0 Å². The maximum Gasteiger partial charge on any atom is 0.573 e. The van der Waals surface area contributed by atoms with Gasteiger partial charge in [-0.3, -0.25) is 9.59 Å². The van der Waals surface area contributed by atoms with Crippen LogP contribution in [0.25, 0.3) is 16.9 Å². The second-order valence-electron chi connectivity index (χ2n) is 6.96. The molecular weight excluding hydrogens is 491 g/mol. The van der Waals surface area contributed by atoms with Crippen molar-refractivity contribution in [3.8, 4) is 22.7 Å². The van der Waals surface area contributed by atoms with Crippen molar-refractivity contribution in [3.05, 3.63) is 76.3 Å². The molecule has 0 spiro atoms. The number of alkyl halides is 6. The van der Waals surface area contributed by atoms with Gasteiger partial charge in [-0.25, -0.2) is 4.39 Å². The third-order valence-electron chi connectivity index (χ3n) is 4.48. The summed E-state index contributed by atoms with van der Waals surface area (Å²) in [5.74, 6) is -2.90. The summed E-state index contributed by atoms with van der Waals surface area (Å²) in [5.41, 5.74) is -2.42. The molecule has 2 aromatic carbocycles. The molecule has 14 heteroatoms. The summed E-state index contributed by atoms with van der Waals surface area (Å²) in [7, 11) is 0. The largest absolute Gasteiger partial charge is 0.573 e. The number of hydrogen-bond acceptors (Lipinski definition) is 5. The predicted octanol–water partition coefficient (Wildman–Crippen LogP) is 3.59. The zero-order valence-electron chi connectivity index (χ0n) is 17.2. The van der Waals surface area contributed by atoms with Crippen LogP contribution in [0.5, 0.6) is 5.75 Å². The standard InChI is InChI=1S/C21H14F7N3O4/c22-12-2-1-3-13(8-12)31-19(34)15(18(33)29-17(10-32)20(23,24)25)9-16(30-31)11-4-6-14(7-5-11)35-21(26,27)28/h1-9,17,32H,10H2,(H,29,33)/t17-/m0/s1. The molecule has 35 heavy (non-hydrogen) atoms. The monoisotopic (exact) mass is 505 g/mol. The number of aromatic nitrogens is 2. The molecule has 0 saturated carbocycles. The van der Waals surface area contributed by atoms with Crippen molar-refractivity contribution in [2.45, 2.75) is 18.6 Å². The highest BCUT2D eigenvalue weighted by Gasteiger charge is 2.40. The van der Waals surface area contributed by atoms with E-state index < -0.39 is 53.8 Å². The first-order valence-corrected chi connectivity index (χ1v) is 9.53. The molecule has 0 aliphatic heterocycles. The first-order chi connectivity index (χ1) is 16.3. The number of rotatable bonds is 6. The zero-order valence-corrected chi connectivity index (χ0v) is 17.2. The van der Waals surface area contributed by atoms with E-state index in [-0.39, 0.29) is 16.9 Å². The van der Waals surface area contributed by atoms with Crippen LogP contribution < -0.4 is 15.6 Å². The molecule has 0 unspecified atom stereocenters. The minimum Gasteiger partial charge on any atom is -0.406 e. The molecule has 0 bridgehead atoms. The van der Waals surface area contributed by atoms with Crippen molar-refractivity contribution in [1.82, 2.24) is 15.1 Å². The molecule has 1 amide bonds. The van der Waals surface area contributed by atoms with E-state index in [1.54, 1.807) is 0 Å². The minimum absolute atomic E-state index is 0.0493. The summed E-state index contributed by atoms with van der Waals surface area (Å²) in [5, 5.41) is 14.4. The van der Waals surface area contributed by atoms with Crippen LogP contribution in [-0.4, -0.2) is 46.0 Å². The van der Waals surface area contributed by atoms with Crippen LogP contribution in [0.4, 0.5) is 30.7 Å². The van der Waals surface area contributed by atoms with Crippen LogP contribution in [0.15, 0.2) is 59.4 Å². The van der Waals surface area contributed by atoms with Gasteiger partial charge in [-0.15, -0.1) is 13.2 Å². The third-order valence-corrected chi connectivity index (χ3v) is 4.48. The predicted molar refractivity (Wildman–Crippen MR) is 106 cm³/mol. The van der Waals surface area contributed by atoms with Crippen LogP contribution in [-0.2, 0) is 0 Å². The number of aliphatic hydroxyl groups excluding tert-OH is 1. The Morgan fingerprint density at radius 1 is 1.06 bits per heavy atom. The van der Waals surface area contributed by atoms with E-state index in [0.717, 1.165) is 42.5 Å². The molecular formula is C21H14F7N3O4. The fourth-order valence-electron chi connectivity index (χ4n) is 2.88. The number of nitrogens with zero attached hydrogens (tertiary/aromatic N) is 2. The molecule has 0 aliphatic rings. The Morgan fingerprint density at radius 3 is 2.26 bits per heavy atom. The van der Waals surface area contributed by atoms with Gasteiger partial charge in [0.2, 0.25) is 0 Å². The number of benzene rings is 2. The number of carbonyl (C=O) groups is 1. The van der Waals surface area contributed by atoms with Gasteiger partial charge in [0, 0.05) is 5.56 Å². The third kappa shape index (κ3) is 6.35. The topological polar surface area (TPSA) is 93.4 Å². The van der Waals surface area contributed by atoms with Gasteiger partial charge >= 0.3 is 12.5 Å². The summed E-state index contributed by atoms with van der Waals surface area (Å²) in [6, 6.07) is 6.49. The average Bonchev–Trinajstić information content (AvgIpc) is 2.76. The quantitative estimate of drug-likeness (QED) is 0.500. The summed E-state index contributed by atoms with van der Waals surface area (Å²) < 4.78 is 94.2. The Hall–Kier alpha value is -3.94. The number of nitrogens with one attached hydrogen (secondary N) is 1. The Morgan fingerprint density at radius 2 is 1.71 bits per heavy atom. The fourth-order valence-corrected chi connectivity index (χ4v) is 2.88. The van der Waals surface area contributed by atoms with Crippen molar-refractivity contribution >= 4 is 5.91 Å². The molecule has 0 aliphatic carbocycles. The van der Waals surface area contributed by atoms with Crippen LogP contribution in [0.1, 0.15) is 10.4 Å². The molecule has 3 aromatic rings. The Labute approximate surface area is 191 Å². The maximum atomic E-state index is 13.7. The molecule has 3 rings (SSSR count). The second-order valence-corrected chi connectivity index (χ2v) is 6.96. The van der Waals surface area contributed by atoms with E-state index in [1.807, 2.05) is 0 Å². The zero-order chi connectivity index (χ0) is 26.0. The first-order valence-electron chi connectivity index (χ1n) is 9.53. The maximum absolute atomic E-state index is 13.7. The number of ether oxygens (including phenoxy) is 1. The average molecular weight is 505 g/mol. The number of halogens is 7. The molecule has 0 fully saturated rings. The van der Waals surface area contributed by atoms with Crippen LogP contribution in [0.3, 0.4) is 0 Å². The van der Waals surface area contributed by atoms with Gasteiger partial charge in [-0.05, 0) is 48.5 Å². The lowest BCUT2D eigenvalue weighted by Gasteiger charge is -2.19.